The summed E-state index contributed by atoms with van der Waals surface area (Å²) in [5.74, 6) is 0.554. The van der Waals surface area contributed by atoms with Gasteiger partial charge in [0.2, 0.25) is 0 Å². The summed E-state index contributed by atoms with van der Waals surface area (Å²) in [5, 5.41) is 0. The molecule has 4 rings (SSSR count). The summed E-state index contributed by atoms with van der Waals surface area (Å²) in [4.78, 5) is 2.74. The number of anilines is 1. The molecule has 1 nitrogen and oxygen atoms in total. The Hall–Kier alpha value is -1.76. The number of para-hydroxylation sites is 1. The molecule has 2 aromatic carbocycles. The van der Waals surface area contributed by atoms with Crippen LogP contribution in [-0.2, 0) is 11.8 Å². The molecule has 1 spiro atoms. The molecule has 1 aliphatic heterocycles. The van der Waals surface area contributed by atoms with E-state index in [1.54, 1.807) is 11.1 Å². The Morgan fingerprint density at radius 3 is 2.52 bits per heavy atom. The molecule has 132 valence electrons. The summed E-state index contributed by atoms with van der Waals surface area (Å²) in [6.45, 7) is 13.0. The van der Waals surface area contributed by atoms with Gasteiger partial charge in [-0.2, -0.15) is 0 Å². The van der Waals surface area contributed by atoms with E-state index in [-0.39, 0.29) is 5.54 Å². The molecule has 1 heterocycles. The molecule has 1 fully saturated rings. The molecule has 1 heteroatoms. The molecule has 2 aromatic rings. The fourth-order valence-corrected chi connectivity index (χ4v) is 5.51. The van der Waals surface area contributed by atoms with E-state index in [0.29, 0.717) is 11.3 Å². The standard InChI is InChI=1S/C24H31N/c1-17(2)20-11-8-9-18(3)22(20)25-16-24(15-23(25,4)5)14-13-19-10-6-7-12-21(19)24/h6-12,17H,13-16H2,1-5H3. The molecule has 0 radical (unpaired) electrons. The maximum Gasteiger partial charge on any atom is 0.0435 e. The maximum absolute atomic E-state index is 2.74. The highest BCUT2D eigenvalue weighted by atomic mass is 15.2. The number of hydrogen-bond donors (Lipinski definition) is 0. The van der Waals surface area contributed by atoms with E-state index < -0.39 is 0 Å². The number of nitrogens with zero attached hydrogens (tertiary/aromatic N) is 1. The first-order chi connectivity index (χ1) is 11.8. The molecule has 0 saturated carbocycles. The normalized spacial score (nSPS) is 24.3. The number of rotatable bonds is 2. The Bertz CT molecular complexity index is 801. The maximum atomic E-state index is 2.74. The van der Waals surface area contributed by atoms with Crippen molar-refractivity contribution in [3.05, 3.63) is 64.7 Å². The van der Waals surface area contributed by atoms with Crippen LogP contribution in [0, 0.1) is 6.92 Å². The molecule has 0 amide bonds. The third kappa shape index (κ3) is 2.51. The van der Waals surface area contributed by atoms with Gasteiger partial charge in [0, 0.05) is 23.2 Å². The quantitative estimate of drug-likeness (QED) is 0.652. The Labute approximate surface area is 153 Å². The van der Waals surface area contributed by atoms with Crippen LogP contribution in [0.3, 0.4) is 0 Å². The fourth-order valence-electron chi connectivity index (χ4n) is 5.51. The van der Waals surface area contributed by atoms with Gasteiger partial charge in [-0.3, -0.25) is 0 Å². The first-order valence-corrected chi connectivity index (χ1v) is 9.80. The van der Waals surface area contributed by atoms with Crippen LogP contribution in [0.5, 0.6) is 0 Å². The van der Waals surface area contributed by atoms with Crippen molar-refractivity contribution in [2.75, 3.05) is 11.4 Å². The van der Waals surface area contributed by atoms with Gasteiger partial charge in [0.25, 0.3) is 0 Å². The van der Waals surface area contributed by atoms with Crippen molar-refractivity contribution in [2.45, 2.75) is 70.8 Å². The van der Waals surface area contributed by atoms with Crippen molar-refractivity contribution >= 4 is 5.69 Å². The Balaban J connectivity index is 1.82. The molecular weight excluding hydrogens is 302 g/mol. The van der Waals surface area contributed by atoms with Gasteiger partial charge in [-0.15, -0.1) is 0 Å². The highest BCUT2D eigenvalue weighted by molar-refractivity contribution is 5.64. The monoisotopic (exact) mass is 333 g/mol. The summed E-state index contributed by atoms with van der Waals surface area (Å²) in [7, 11) is 0. The summed E-state index contributed by atoms with van der Waals surface area (Å²) < 4.78 is 0. The minimum Gasteiger partial charge on any atom is -0.365 e. The molecule has 0 aromatic heterocycles. The fraction of sp³-hybridized carbons (Fsp3) is 0.500. The lowest BCUT2D eigenvalue weighted by atomic mass is 9.77. The number of benzene rings is 2. The third-order valence-corrected chi connectivity index (χ3v) is 6.58. The minimum absolute atomic E-state index is 0.188. The van der Waals surface area contributed by atoms with Crippen LogP contribution in [0.15, 0.2) is 42.5 Å². The first-order valence-electron chi connectivity index (χ1n) is 9.80. The second kappa shape index (κ2) is 5.62. The van der Waals surface area contributed by atoms with Crippen molar-refractivity contribution < 1.29 is 0 Å². The summed E-state index contributed by atoms with van der Waals surface area (Å²) >= 11 is 0. The number of fused-ring (bicyclic) bond motifs is 2. The van der Waals surface area contributed by atoms with Gasteiger partial charge in [0.15, 0.2) is 0 Å². The van der Waals surface area contributed by atoms with Gasteiger partial charge in [-0.1, -0.05) is 56.3 Å². The van der Waals surface area contributed by atoms with E-state index in [1.165, 1.54) is 36.1 Å². The van der Waals surface area contributed by atoms with E-state index in [0.717, 1.165) is 6.54 Å². The van der Waals surface area contributed by atoms with Gasteiger partial charge in [0.05, 0.1) is 0 Å². The second-order valence-electron chi connectivity index (χ2n) is 9.18. The topological polar surface area (TPSA) is 3.24 Å². The average Bonchev–Trinajstić information content (AvgIpc) is 3.04. The van der Waals surface area contributed by atoms with E-state index in [2.05, 4.69) is 82.0 Å². The molecule has 1 unspecified atom stereocenters. The average molecular weight is 334 g/mol. The molecule has 0 N–H and O–H groups in total. The predicted molar refractivity (Wildman–Crippen MR) is 108 cm³/mol. The van der Waals surface area contributed by atoms with Crippen LogP contribution in [0.1, 0.15) is 68.7 Å². The zero-order valence-electron chi connectivity index (χ0n) is 16.4. The zero-order valence-corrected chi connectivity index (χ0v) is 16.4. The molecule has 1 saturated heterocycles. The Kier molecular flexibility index (Phi) is 3.76. The Morgan fingerprint density at radius 2 is 1.76 bits per heavy atom. The lowest BCUT2D eigenvalue weighted by Crippen LogP contribution is -2.39. The van der Waals surface area contributed by atoms with E-state index in [4.69, 9.17) is 0 Å². The van der Waals surface area contributed by atoms with Gasteiger partial charge in [-0.05, 0) is 68.2 Å². The molecule has 25 heavy (non-hydrogen) atoms. The zero-order chi connectivity index (χ0) is 17.8. The van der Waals surface area contributed by atoms with Crippen LogP contribution in [0.2, 0.25) is 0 Å². The molecule has 1 aliphatic carbocycles. The summed E-state index contributed by atoms with van der Waals surface area (Å²) in [6, 6.07) is 16.0. The lowest BCUT2D eigenvalue weighted by Gasteiger charge is -2.37. The summed E-state index contributed by atoms with van der Waals surface area (Å²) in [5.41, 5.74) is 8.12. The Morgan fingerprint density at radius 1 is 1.00 bits per heavy atom. The number of hydrogen-bond acceptors (Lipinski definition) is 1. The van der Waals surface area contributed by atoms with Gasteiger partial charge in [-0.25, -0.2) is 0 Å². The second-order valence-corrected chi connectivity index (χ2v) is 9.18. The van der Waals surface area contributed by atoms with Gasteiger partial charge >= 0.3 is 0 Å². The largest absolute Gasteiger partial charge is 0.365 e. The van der Waals surface area contributed by atoms with Crippen LogP contribution < -0.4 is 4.90 Å². The smallest absolute Gasteiger partial charge is 0.0435 e. The van der Waals surface area contributed by atoms with E-state index >= 15 is 0 Å². The van der Waals surface area contributed by atoms with Gasteiger partial charge in [0.1, 0.15) is 0 Å². The van der Waals surface area contributed by atoms with Crippen molar-refractivity contribution in [3.8, 4) is 0 Å². The van der Waals surface area contributed by atoms with E-state index in [9.17, 15) is 0 Å². The predicted octanol–water partition coefficient (Wildman–Crippen LogP) is 5.99. The van der Waals surface area contributed by atoms with Crippen LogP contribution in [0.4, 0.5) is 5.69 Å². The molecular formula is C24H31N. The van der Waals surface area contributed by atoms with Crippen molar-refractivity contribution in [1.82, 2.24) is 0 Å². The summed E-state index contributed by atoms with van der Waals surface area (Å²) in [6.07, 6.45) is 3.79. The van der Waals surface area contributed by atoms with Crippen molar-refractivity contribution in [3.63, 3.8) is 0 Å². The molecule has 2 aliphatic rings. The van der Waals surface area contributed by atoms with Crippen molar-refractivity contribution in [2.24, 2.45) is 0 Å². The van der Waals surface area contributed by atoms with Crippen LogP contribution in [-0.4, -0.2) is 12.1 Å². The highest BCUT2D eigenvalue weighted by Crippen LogP contribution is 2.53. The van der Waals surface area contributed by atoms with Crippen LogP contribution in [0.25, 0.3) is 0 Å². The lowest BCUT2D eigenvalue weighted by molar-refractivity contribution is 0.414. The molecule has 1 atom stereocenters. The highest BCUT2D eigenvalue weighted by Gasteiger charge is 2.52. The SMILES string of the molecule is Cc1cccc(C(C)C)c1N1CC2(CCc3ccccc32)CC1(C)C. The number of aryl methyl sites for hydroxylation is 2. The van der Waals surface area contributed by atoms with Gasteiger partial charge < -0.3 is 4.90 Å². The van der Waals surface area contributed by atoms with E-state index in [1.807, 2.05) is 0 Å². The molecule has 0 bridgehead atoms. The van der Waals surface area contributed by atoms with Crippen LogP contribution >= 0.6 is 0 Å². The third-order valence-electron chi connectivity index (χ3n) is 6.58. The minimum atomic E-state index is 0.188. The van der Waals surface area contributed by atoms with Crippen molar-refractivity contribution in [1.29, 1.82) is 0 Å². The first kappa shape index (κ1) is 16.7.